The van der Waals surface area contributed by atoms with E-state index in [0.29, 0.717) is 31.0 Å². The number of nitrogens with zero attached hydrogens (tertiary/aromatic N) is 3. The number of amides is 1. The summed E-state index contributed by atoms with van der Waals surface area (Å²) in [7, 11) is 3.56. The molecule has 2 aliphatic heterocycles. The number of para-hydroxylation sites is 1. The smallest absolute Gasteiger partial charge is 0.272 e. The Bertz CT molecular complexity index is 1060. The minimum atomic E-state index is -0.0932. The van der Waals surface area contributed by atoms with Crippen LogP contribution in [0.1, 0.15) is 28.9 Å². The van der Waals surface area contributed by atoms with Crippen LogP contribution in [0.3, 0.4) is 0 Å². The molecule has 0 aliphatic carbocycles. The first-order valence-corrected chi connectivity index (χ1v) is 10.8. The Kier molecular flexibility index (Phi) is 5.38. The van der Waals surface area contributed by atoms with Gasteiger partial charge in [-0.3, -0.25) is 14.4 Å². The third-order valence-corrected chi connectivity index (χ3v) is 6.50. The monoisotopic (exact) mass is 420 g/mol. The average molecular weight is 421 g/mol. The second kappa shape index (κ2) is 8.32. The van der Waals surface area contributed by atoms with Gasteiger partial charge in [-0.25, -0.2) is 0 Å². The van der Waals surface area contributed by atoms with Crippen LogP contribution in [0, 0.1) is 0 Å². The van der Waals surface area contributed by atoms with Gasteiger partial charge < -0.3 is 14.8 Å². The maximum atomic E-state index is 13.0. The number of piperidine rings is 1. The molecule has 2 aliphatic rings. The number of aryl methyl sites for hydroxylation is 1. The van der Waals surface area contributed by atoms with E-state index in [4.69, 9.17) is 9.47 Å². The van der Waals surface area contributed by atoms with Crippen LogP contribution in [0.15, 0.2) is 48.5 Å². The largest absolute Gasteiger partial charge is 0.497 e. The molecule has 0 radical (unpaired) electrons. The molecule has 7 nitrogen and oxygen atoms in total. The number of nitrogens with one attached hydrogen (secondary N) is 1. The Labute approximate surface area is 181 Å². The Hall–Kier alpha value is -2.90. The van der Waals surface area contributed by atoms with Crippen molar-refractivity contribution < 1.29 is 14.3 Å². The van der Waals surface area contributed by atoms with Gasteiger partial charge in [-0.05, 0) is 36.6 Å². The third kappa shape index (κ3) is 3.91. The topological polar surface area (TPSA) is 68.6 Å². The van der Waals surface area contributed by atoms with Gasteiger partial charge in [0.05, 0.1) is 25.8 Å². The summed E-state index contributed by atoms with van der Waals surface area (Å²) in [4.78, 5) is 15.6. The number of aromatic nitrogens is 2. The molecule has 1 amide bonds. The first-order chi connectivity index (χ1) is 15.1. The number of hydrogen-bond acceptors (Lipinski definition) is 5. The molecule has 2 bridgehead atoms. The lowest BCUT2D eigenvalue weighted by atomic mass is 9.89. The van der Waals surface area contributed by atoms with E-state index < -0.39 is 0 Å². The van der Waals surface area contributed by atoms with E-state index in [1.54, 1.807) is 11.8 Å². The molecule has 3 atom stereocenters. The minimum Gasteiger partial charge on any atom is -0.497 e. The number of carbonyl (C=O) groups is 1. The molecule has 7 heteroatoms. The van der Waals surface area contributed by atoms with E-state index in [0.717, 1.165) is 36.0 Å². The van der Waals surface area contributed by atoms with Crippen molar-refractivity contribution in [1.29, 1.82) is 0 Å². The SMILES string of the molecule is COc1ccc(CN2[C@@H]3COC[C@H]2CC(NC(=O)c2nn(C)c4ccccc24)C3)cc1. The summed E-state index contributed by atoms with van der Waals surface area (Å²) in [6.07, 6.45) is 1.76. The van der Waals surface area contributed by atoms with E-state index in [9.17, 15) is 4.79 Å². The van der Waals surface area contributed by atoms with E-state index in [-0.39, 0.29) is 11.9 Å². The van der Waals surface area contributed by atoms with Crippen LogP contribution in [0.4, 0.5) is 0 Å². The van der Waals surface area contributed by atoms with Crippen LogP contribution in [0.5, 0.6) is 5.75 Å². The zero-order valence-corrected chi connectivity index (χ0v) is 18.0. The molecular weight excluding hydrogens is 392 g/mol. The third-order valence-electron chi connectivity index (χ3n) is 6.50. The first-order valence-electron chi connectivity index (χ1n) is 10.8. The van der Waals surface area contributed by atoms with Gasteiger partial charge in [0.25, 0.3) is 5.91 Å². The molecule has 3 heterocycles. The highest BCUT2D eigenvalue weighted by Crippen LogP contribution is 2.30. The summed E-state index contributed by atoms with van der Waals surface area (Å²) >= 11 is 0. The van der Waals surface area contributed by atoms with Gasteiger partial charge in [0.15, 0.2) is 5.69 Å². The second-order valence-corrected chi connectivity index (χ2v) is 8.50. The lowest BCUT2D eigenvalue weighted by molar-refractivity contribution is -0.0843. The van der Waals surface area contributed by atoms with Gasteiger partial charge in [0.2, 0.25) is 0 Å². The fourth-order valence-corrected chi connectivity index (χ4v) is 4.94. The zero-order valence-electron chi connectivity index (χ0n) is 18.0. The maximum absolute atomic E-state index is 13.0. The van der Waals surface area contributed by atoms with Crippen molar-refractivity contribution in [3.05, 3.63) is 59.8 Å². The minimum absolute atomic E-state index is 0.0932. The summed E-state index contributed by atoms with van der Waals surface area (Å²) in [5.41, 5.74) is 2.73. The molecule has 3 aromatic rings. The van der Waals surface area contributed by atoms with Gasteiger partial charge in [0.1, 0.15) is 5.75 Å². The number of ether oxygens (including phenoxy) is 2. The van der Waals surface area contributed by atoms with Gasteiger partial charge in [-0.15, -0.1) is 0 Å². The fraction of sp³-hybridized carbons (Fsp3) is 0.417. The molecule has 0 spiro atoms. The number of fused-ring (bicyclic) bond motifs is 3. The molecule has 1 N–H and O–H groups in total. The Morgan fingerprint density at radius 1 is 1.13 bits per heavy atom. The van der Waals surface area contributed by atoms with Crippen LogP contribution in [0.25, 0.3) is 10.9 Å². The molecule has 0 saturated carbocycles. The maximum Gasteiger partial charge on any atom is 0.272 e. The normalized spacial score (nSPS) is 23.6. The molecule has 5 rings (SSSR count). The Morgan fingerprint density at radius 3 is 2.55 bits per heavy atom. The summed E-state index contributed by atoms with van der Waals surface area (Å²) < 4.78 is 12.9. The van der Waals surface area contributed by atoms with Crippen LogP contribution in [-0.4, -0.2) is 59.0 Å². The number of methoxy groups -OCH3 is 1. The van der Waals surface area contributed by atoms with Crippen molar-refractivity contribution in [1.82, 2.24) is 20.0 Å². The lowest BCUT2D eigenvalue weighted by Crippen LogP contribution is -2.60. The van der Waals surface area contributed by atoms with E-state index in [1.807, 2.05) is 43.4 Å². The molecule has 2 fully saturated rings. The predicted octanol–water partition coefficient (Wildman–Crippen LogP) is 2.74. The molecule has 31 heavy (non-hydrogen) atoms. The fourth-order valence-electron chi connectivity index (χ4n) is 4.94. The summed E-state index contributed by atoms with van der Waals surface area (Å²) in [6.45, 7) is 2.28. The van der Waals surface area contributed by atoms with Crippen molar-refractivity contribution in [3.8, 4) is 5.75 Å². The van der Waals surface area contributed by atoms with Gasteiger partial charge in [0, 0.05) is 37.1 Å². The zero-order chi connectivity index (χ0) is 21.4. The summed E-state index contributed by atoms with van der Waals surface area (Å²) in [6, 6.07) is 16.8. The number of benzene rings is 2. The van der Waals surface area contributed by atoms with Crippen molar-refractivity contribution in [2.24, 2.45) is 7.05 Å². The molecule has 1 unspecified atom stereocenters. The van der Waals surface area contributed by atoms with Crippen LogP contribution >= 0.6 is 0 Å². The predicted molar refractivity (Wildman–Crippen MR) is 118 cm³/mol. The lowest BCUT2D eigenvalue weighted by Gasteiger charge is -2.48. The first kappa shape index (κ1) is 20.0. The molecular formula is C24H28N4O3. The highest BCUT2D eigenvalue weighted by Gasteiger charge is 2.39. The second-order valence-electron chi connectivity index (χ2n) is 8.50. The van der Waals surface area contributed by atoms with Gasteiger partial charge in [-0.1, -0.05) is 30.3 Å². The average Bonchev–Trinajstić information content (AvgIpc) is 3.12. The van der Waals surface area contributed by atoms with Crippen LogP contribution < -0.4 is 10.1 Å². The van der Waals surface area contributed by atoms with Gasteiger partial charge >= 0.3 is 0 Å². The summed E-state index contributed by atoms with van der Waals surface area (Å²) in [5.74, 6) is 0.778. The standard InChI is InChI=1S/C24H28N4O3/c1-27-22-6-4-3-5-21(22)23(26-27)24(29)25-17-11-18-14-31-15-19(12-17)28(18)13-16-7-9-20(30-2)10-8-16/h3-10,17-19H,11-15H2,1-2H3,(H,25,29)/t17?,18-,19+. The van der Waals surface area contributed by atoms with E-state index in [1.165, 1.54) is 5.56 Å². The quantitative estimate of drug-likeness (QED) is 0.688. The molecule has 2 aromatic carbocycles. The molecule has 2 saturated heterocycles. The molecule has 162 valence electrons. The number of hydrogen-bond donors (Lipinski definition) is 1. The highest BCUT2D eigenvalue weighted by atomic mass is 16.5. The van der Waals surface area contributed by atoms with E-state index >= 15 is 0 Å². The van der Waals surface area contributed by atoms with Crippen LogP contribution in [0.2, 0.25) is 0 Å². The van der Waals surface area contributed by atoms with Crippen molar-refractivity contribution in [2.75, 3.05) is 20.3 Å². The Morgan fingerprint density at radius 2 is 1.84 bits per heavy atom. The molecule has 1 aromatic heterocycles. The number of morpholine rings is 1. The number of carbonyl (C=O) groups excluding carboxylic acids is 1. The van der Waals surface area contributed by atoms with E-state index in [2.05, 4.69) is 27.4 Å². The highest BCUT2D eigenvalue weighted by molar-refractivity contribution is 6.04. The van der Waals surface area contributed by atoms with Crippen molar-refractivity contribution >= 4 is 16.8 Å². The van der Waals surface area contributed by atoms with Crippen molar-refractivity contribution in [2.45, 2.75) is 37.5 Å². The number of rotatable bonds is 5. The van der Waals surface area contributed by atoms with Crippen molar-refractivity contribution in [3.63, 3.8) is 0 Å². The van der Waals surface area contributed by atoms with Gasteiger partial charge in [-0.2, -0.15) is 5.10 Å². The summed E-state index contributed by atoms with van der Waals surface area (Å²) in [5, 5.41) is 8.62. The Balaban J connectivity index is 1.28. The van der Waals surface area contributed by atoms with Crippen LogP contribution in [-0.2, 0) is 18.3 Å².